The van der Waals surface area contributed by atoms with Crippen molar-refractivity contribution in [1.29, 1.82) is 0 Å². The van der Waals surface area contributed by atoms with Crippen LogP contribution in [-0.4, -0.2) is 13.1 Å². The average molecular weight is 253 g/mol. The maximum Gasteiger partial charge on any atom is -0.00179 e. The van der Waals surface area contributed by atoms with Crippen molar-refractivity contribution >= 4 is 0 Å². The Labute approximate surface area is 115 Å². The summed E-state index contributed by atoms with van der Waals surface area (Å²) in [6.07, 6.45) is 10.00. The van der Waals surface area contributed by atoms with Crippen molar-refractivity contribution in [3.05, 3.63) is 0 Å². The van der Waals surface area contributed by atoms with E-state index in [0.717, 1.165) is 23.7 Å². The standard InChI is InChI=1S/C17H35N/c1-5-11-18-13-17-10-8-15(6-2)12-16(17)9-7-14(3)4/h14-18H,5-13H2,1-4H3. The molecule has 1 aliphatic carbocycles. The third-order valence-electron chi connectivity index (χ3n) is 4.77. The molecule has 18 heavy (non-hydrogen) atoms. The zero-order valence-electron chi connectivity index (χ0n) is 13.2. The molecule has 1 N–H and O–H groups in total. The minimum absolute atomic E-state index is 0.872. The minimum atomic E-state index is 0.872. The molecule has 1 saturated carbocycles. The van der Waals surface area contributed by atoms with Gasteiger partial charge in [0.1, 0.15) is 0 Å². The lowest BCUT2D eigenvalue weighted by molar-refractivity contribution is 0.157. The van der Waals surface area contributed by atoms with E-state index in [-0.39, 0.29) is 0 Å². The SMILES string of the molecule is CCCNCC1CCC(CC)CC1CCC(C)C. The first-order valence-corrected chi connectivity index (χ1v) is 8.38. The van der Waals surface area contributed by atoms with Crippen LogP contribution in [0.2, 0.25) is 0 Å². The molecule has 3 atom stereocenters. The van der Waals surface area contributed by atoms with Crippen LogP contribution in [0.3, 0.4) is 0 Å². The zero-order chi connectivity index (χ0) is 13.4. The molecule has 0 radical (unpaired) electrons. The van der Waals surface area contributed by atoms with Crippen molar-refractivity contribution in [2.24, 2.45) is 23.7 Å². The fourth-order valence-corrected chi connectivity index (χ4v) is 3.43. The van der Waals surface area contributed by atoms with Gasteiger partial charge in [0.2, 0.25) is 0 Å². The van der Waals surface area contributed by atoms with Gasteiger partial charge in [-0.3, -0.25) is 0 Å². The van der Waals surface area contributed by atoms with Gasteiger partial charge in [0, 0.05) is 0 Å². The number of hydrogen-bond donors (Lipinski definition) is 1. The van der Waals surface area contributed by atoms with E-state index in [2.05, 4.69) is 33.0 Å². The molecule has 0 saturated heterocycles. The van der Waals surface area contributed by atoms with Crippen molar-refractivity contribution in [3.63, 3.8) is 0 Å². The molecule has 1 nitrogen and oxygen atoms in total. The van der Waals surface area contributed by atoms with E-state index in [1.807, 2.05) is 0 Å². The normalized spacial score (nSPS) is 28.8. The largest absolute Gasteiger partial charge is 0.316 e. The van der Waals surface area contributed by atoms with Gasteiger partial charge in [-0.2, -0.15) is 0 Å². The summed E-state index contributed by atoms with van der Waals surface area (Å²) in [4.78, 5) is 0. The van der Waals surface area contributed by atoms with Gasteiger partial charge in [0.05, 0.1) is 0 Å². The van der Waals surface area contributed by atoms with Gasteiger partial charge in [0.25, 0.3) is 0 Å². The van der Waals surface area contributed by atoms with E-state index in [4.69, 9.17) is 0 Å². The molecule has 108 valence electrons. The first kappa shape index (κ1) is 16.0. The maximum absolute atomic E-state index is 3.66. The fraction of sp³-hybridized carbons (Fsp3) is 1.00. The van der Waals surface area contributed by atoms with Gasteiger partial charge < -0.3 is 5.32 Å². The van der Waals surface area contributed by atoms with Crippen LogP contribution in [-0.2, 0) is 0 Å². The summed E-state index contributed by atoms with van der Waals surface area (Å²) in [5.74, 6) is 3.84. The topological polar surface area (TPSA) is 12.0 Å². The summed E-state index contributed by atoms with van der Waals surface area (Å²) in [6.45, 7) is 11.8. The van der Waals surface area contributed by atoms with Gasteiger partial charge in [-0.25, -0.2) is 0 Å². The molecule has 1 fully saturated rings. The Morgan fingerprint density at radius 2 is 1.89 bits per heavy atom. The molecule has 0 spiro atoms. The number of rotatable bonds is 8. The van der Waals surface area contributed by atoms with E-state index in [1.54, 1.807) is 0 Å². The zero-order valence-corrected chi connectivity index (χ0v) is 13.2. The summed E-state index contributed by atoms with van der Waals surface area (Å²) in [7, 11) is 0. The van der Waals surface area contributed by atoms with Crippen molar-refractivity contribution < 1.29 is 0 Å². The summed E-state index contributed by atoms with van der Waals surface area (Å²) in [5.41, 5.74) is 0. The molecule has 1 aliphatic rings. The number of nitrogens with one attached hydrogen (secondary N) is 1. The van der Waals surface area contributed by atoms with Gasteiger partial charge >= 0.3 is 0 Å². The highest BCUT2D eigenvalue weighted by molar-refractivity contribution is 4.81. The van der Waals surface area contributed by atoms with Gasteiger partial charge in [-0.1, -0.05) is 47.0 Å². The Kier molecular flexibility index (Phi) is 7.97. The van der Waals surface area contributed by atoms with Crippen molar-refractivity contribution in [2.75, 3.05) is 13.1 Å². The lowest BCUT2D eigenvalue weighted by Gasteiger charge is -2.36. The van der Waals surface area contributed by atoms with Crippen LogP contribution in [0, 0.1) is 23.7 Å². The molecule has 1 heteroatoms. The second-order valence-electron chi connectivity index (χ2n) is 6.78. The quantitative estimate of drug-likeness (QED) is 0.609. The highest BCUT2D eigenvalue weighted by Crippen LogP contribution is 2.38. The third kappa shape index (κ3) is 5.73. The molecule has 0 aromatic heterocycles. The van der Waals surface area contributed by atoms with E-state index >= 15 is 0 Å². The van der Waals surface area contributed by atoms with E-state index in [9.17, 15) is 0 Å². The molecule has 0 amide bonds. The van der Waals surface area contributed by atoms with E-state index < -0.39 is 0 Å². The lowest BCUT2D eigenvalue weighted by atomic mass is 9.71. The van der Waals surface area contributed by atoms with Crippen LogP contribution >= 0.6 is 0 Å². The van der Waals surface area contributed by atoms with Crippen LogP contribution in [0.15, 0.2) is 0 Å². The molecular formula is C17H35N. The highest BCUT2D eigenvalue weighted by atomic mass is 14.9. The fourth-order valence-electron chi connectivity index (χ4n) is 3.43. The Hall–Kier alpha value is -0.0400. The molecule has 0 aromatic rings. The molecule has 0 aliphatic heterocycles. The molecule has 0 heterocycles. The van der Waals surface area contributed by atoms with Crippen LogP contribution in [0.5, 0.6) is 0 Å². The Morgan fingerprint density at radius 1 is 1.11 bits per heavy atom. The predicted molar refractivity (Wildman–Crippen MR) is 81.8 cm³/mol. The summed E-state index contributed by atoms with van der Waals surface area (Å²) >= 11 is 0. The summed E-state index contributed by atoms with van der Waals surface area (Å²) < 4.78 is 0. The monoisotopic (exact) mass is 253 g/mol. The van der Waals surface area contributed by atoms with Gasteiger partial charge in [-0.05, 0) is 62.4 Å². The summed E-state index contributed by atoms with van der Waals surface area (Å²) in [6, 6.07) is 0. The van der Waals surface area contributed by atoms with E-state index in [0.29, 0.717) is 0 Å². The first-order chi connectivity index (χ1) is 8.67. The molecule has 1 rings (SSSR count). The molecular weight excluding hydrogens is 218 g/mol. The second-order valence-corrected chi connectivity index (χ2v) is 6.78. The average Bonchev–Trinajstić information content (AvgIpc) is 2.37. The van der Waals surface area contributed by atoms with Crippen LogP contribution in [0.1, 0.15) is 72.6 Å². The van der Waals surface area contributed by atoms with Crippen LogP contribution in [0.25, 0.3) is 0 Å². The van der Waals surface area contributed by atoms with Crippen LogP contribution in [0.4, 0.5) is 0 Å². The van der Waals surface area contributed by atoms with Gasteiger partial charge in [0.15, 0.2) is 0 Å². The van der Waals surface area contributed by atoms with Crippen molar-refractivity contribution in [1.82, 2.24) is 5.32 Å². The molecule has 0 aromatic carbocycles. The summed E-state index contributed by atoms with van der Waals surface area (Å²) in [5, 5.41) is 3.66. The third-order valence-corrected chi connectivity index (χ3v) is 4.77. The number of hydrogen-bond acceptors (Lipinski definition) is 1. The Balaban J connectivity index is 2.40. The van der Waals surface area contributed by atoms with E-state index in [1.165, 1.54) is 58.0 Å². The first-order valence-electron chi connectivity index (χ1n) is 8.38. The Bertz CT molecular complexity index is 198. The molecule has 3 unspecified atom stereocenters. The predicted octanol–water partition coefficient (Wildman–Crippen LogP) is 4.86. The van der Waals surface area contributed by atoms with Crippen molar-refractivity contribution in [2.45, 2.75) is 72.6 Å². The maximum atomic E-state index is 3.66. The smallest absolute Gasteiger partial charge is 0.00179 e. The minimum Gasteiger partial charge on any atom is -0.316 e. The molecule has 0 bridgehead atoms. The second kappa shape index (κ2) is 8.96. The van der Waals surface area contributed by atoms with Crippen molar-refractivity contribution in [3.8, 4) is 0 Å². The van der Waals surface area contributed by atoms with Gasteiger partial charge in [-0.15, -0.1) is 0 Å². The highest BCUT2D eigenvalue weighted by Gasteiger charge is 2.29. The Morgan fingerprint density at radius 3 is 2.50 bits per heavy atom. The van der Waals surface area contributed by atoms with Crippen LogP contribution < -0.4 is 5.32 Å². The lowest BCUT2D eigenvalue weighted by Crippen LogP contribution is -2.33.